The number of benzene rings is 8. The molecule has 0 spiro atoms. The molecule has 0 unspecified atom stereocenters. The normalized spacial score (nSPS) is 15.8. The predicted molar refractivity (Wildman–Crippen MR) is 354 cm³/mol. The average molecular weight is 1270 g/mol. The SMILES string of the molecule is C#CCOc1cc(OCC#C)c2cc1C(c1ccc3c(c1)OCO3)c1cc(c(OCC#C)cc1OCC#C)C(c1ccc3c(c1)OCO3)c1cc(c(OCC#C)cc1OCC#C)C(c1ccc3c(c1)OCO3)c1cc(c(OCC#C)cc1OCC#C)C2c1ccc2c(c1)OCO2. The largest absolute Gasteiger partial charge is 0.480 e. The van der Waals surface area contributed by atoms with Gasteiger partial charge in [-0.25, -0.2) is 0 Å². The summed E-state index contributed by atoms with van der Waals surface area (Å²) in [5.74, 6) is 23.7. The maximum atomic E-state index is 6.77. The topological polar surface area (TPSA) is 148 Å². The monoisotopic (exact) mass is 1270 g/mol. The molecule has 0 saturated carbocycles. The summed E-state index contributed by atoms with van der Waals surface area (Å²) >= 11 is 0. The zero-order valence-electron chi connectivity index (χ0n) is 51.5. The second-order valence-corrected chi connectivity index (χ2v) is 21.8. The van der Waals surface area contributed by atoms with Gasteiger partial charge in [0, 0.05) is 92.4 Å². The number of hydrogen-bond acceptors (Lipinski definition) is 16. The standard InChI is InChI=1S/C80H56O16/c1-9-25-81-65-41-66(82-26-10-2)54-37-53(65)77(49-17-21-61-73(33-49)93-45-89-61)55-38-56(68(84-28-12-4)42-67(55)83-27-11-3)79(51-19-23-63-75(35-51)95-47-91-63)59-40-60(72(88-32-16-8)44-71(59)87-31-15-7)80(52-20-24-64-76(36-52)96-48-92-64)58-39-57(69(85-29-13-5)43-70(58)86-30-14-6)78(54)50-18-22-62-74(34-50)94-46-90-62/h1-8,17-24,33-44,77-80H,25-32,45-48H2. The van der Waals surface area contributed by atoms with Crippen LogP contribution in [0, 0.1) is 98.8 Å². The Labute approximate surface area is 555 Å². The molecular formula is C80H56O16. The van der Waals surface area contributed by atoms with Crippen molar-refractivity contribution in [3.8, 4) is 191 Å². The van der Waals surface area contributed by atoms with Gasteiger partial charge in [0.05, 0.1) is 0 Å². The van der Waals surface area contributed by atoms with Crippen LogP contribution in [0.3, 0.4) is 0 Å². The summed E-state index contributed by atoms with van der Waals surface area (Å²) in [6.07, 6.45) is 48.9. The number of fused-ring (bicyclic) bond motifs is 12. The van der Waals surface area contributed by atoms with Crippen molar-refractivity contribution in [2.75, 3.05) is 80.0 Å². The third-order valence-electron chi connectivity index (χ3n) is 16.5. The molecule has 16 heteroatoms. The lowest BCUT2D eigenvalue weighted by Crippen LogP contribution is -2.17. The first-order valence-electron chi connectivity index (χ1n) is 30.1. The van der Waals surface area contributed by atoms with Gasteiger partial charge in [-0.2, -0.15) is 0 Å². The lowest BCUT2D eigenvalue weighted by atomic mass is 9.75. The molecule has 13 rings (SSSR count). The van der Waals surface area contributed by atoms with Crippen molar-refractivity contribution in [2.24, 2.45) is 0 Å². The lowest BCUT2D eigenvalue weighted by Gasteiger charge is -2.32. The first-order valence-corrected chi connectivity index (χ1v) is 30.1. The van der Waals surface area contributed by atoms with Crippen LogP contribution >= 0.6 is 0 Å². The molecule has 8 bridgehead atoms. The van der Waals surface area contributed by atoms with Crippen molar-refractivity contribution in [3.63, 3.8) is 0 Å². The van der Waals surface area contributed by atoms with Gasteiger partial charge in [0.25, 0.3) is 0 Å². The molecule has 0 saturated heterocycles. The van der Waals surface area contributed by atoms with Crippen LogP contribution in [-0.4, -0.2) is 80.0 Å². The lowest BCUT2D eigenvalue weighted by molar-refractivity contribution is 0.173. The Morgan fingerprint density at radius 2 is 0.396 bits per heavy atom. The van der Waals surface area contributed by atoms with Crippen molar-refractivity contribution in [3.05, 3.63) is 188 Å². The molecule has 1 aliphatic carbocycles. The first-order chi connectivity index (χ1) is 47.3. The summed E-state index contributed by atoms with van der Waals surface area (Å²) in [4.78, 5) is 0. The second kappa shape index (κ2) is 27.9. The van der Waals surface area contributed by atoms with Crippen LogP contribution in [-0.2, 0) is 0 Å². The molecule has 0 aromatic heterocycles. The van der Waals surface area contributed by atoms with E-state index < -0.39 is 23.7 Å². The summed E-state index contributed by atoms with van der Waals surface area (Å²) in [7, 11) is 0. The minimum absolute atomic E-state index is 0.0333. The molecule has 0 fully saturated rings. The van der Waals surface area contributed by atoms with Crippen LogP contribution in [0.15, 0.2) is 121 Å². The van der Waals surface area contributed by atoms with E-state index in [1.54, 1.807) is 24.3 Å². The fourth-order valence-electron chi connectivity index (χ4n) is 12.6. The van der Waals surface area contributed by atoms with Crippen molar-refractivity contribution in [2.45, 2.75) is 23.7 Å². The maximum Gasteiger partial charge on any atom is 0.231 e. The molecule has 472 valence electrons. The van der Waals surface area contributed by atoms with E-state index in [0.29, 0.717) is 113 Å². The molecule has 0 atom stereocenters. The molecule has 96 heavy (non-hydrogen) atoms. The van der Waals surface area contributed by atoms with Crippen molar-refractivity contribution in [1.29, 1.82) is 0 Å². The zero-order valence-corrected chi connectivity index (χ0v) is 51.5. The van der Waals surface area contributed by atoms with E-state index in [2.05, 4.69) is 47.4 Å². The third kappa shape index (κ3) is 12.1. The molecule has 16 nitrogen and oxygen atoms in total. The van der Waals surface area contributed by atoms with Gasteiger partial charge in [0.1, 0.15) is 98.9 Å². The van der Waals surface area contributed by atoms with E-state index in [0.717, 1.165) is 0 Å². The van der Waals surface area contributed by atoms with Gasteiger partial charge in [-0.3, -0.25) is 0 Å². The van der Waals surface area contributed by atoms with E-state index >= 15 is 0 Å². The number of terminal acetylenes is 8. The number of hydrogen-bond donors (Lipinski definition) is 0. The Bertz CT molecular complexity index is 3970. The van der Waals surface area contributed by atoms with Crippen molar-refractivity contribution < 1.29 is 75.8 Å². The molecule has 8 aromatic carbocycles. The van der Waals surface area contributed by atoms with Crippen LogP contribution in [0.1, 0.15) is 90.4 Å². The Balaban J connectivity index is 1.28. The highest BCUT2D eigenvalue weighted by Gasteiger charge is 2.39. The van der Waals surface area contributed by atoms with E-state index in [1.807, 2.05) is 97.1 Å². The summed E-state index contributed by atoms with van der Waals surface area (Å²) < 4.78 is 103. The number of ether oxygens (including phenoxy) is 16. The van der Waals surface area contributed by atoms with Gasteiger partial charge in [0.15, 0.2) is 46.0 Å². The predicted octanol–water partition coefficient (Wildman–Crippen LogP) is 11.7. The van der Waals surface area contributed by atoms with Crippen molar-refractivity contribution >= 4 is 0 Å². The number of rotatable bonds is 20. The quantitative estimate of drug-likeness (QED) is 0.0666. The Kier molecular flexibility index (Phi) is 18.0. The Morgan fingerprint density at radius 1 is 0.229 bits per heavy atom. The van der Waals surface area contributed by atoms with Crippen LogP contribution in [0.2, 0.25) is 0 Å². The fourth-order valence-corrected chi connectivity index (χ4v) is 12.6. The van der Waals surface area contributed by atoms with Gasteiger partial charge in [-0.15, -0.1) is 51.4 Å². The van der Waals surface area contributed by atoms with Gasteiger partial charge in [0.2, 0.25) is 27.2 Å². The minimum atomic E-state index is -0.946. The molecule has 5 aliphatic rings. The van der Waals surface area contributed by atoms with E-state index in [-0.39, 0.29) is 126 Å². The highest BCUT2D eigenvalue weighted by molar-refractivity contribution is 5.70. The van der Waals surface area contributed by atoms with Crippen LogP contribution in [0.4, 0.5) is 0 Å². The fraction of sp³-hybridized carbons (Fsp3) is 0.200. The van der Waals surface area contributed by atoms with Crippen LogP contribution in [0.5, 0.6) is 92.0 Å². The van der Waals surface area contributed by atoms with E-state index in [1.165, 1.54) is 0 Å². The van der Waals surface area contributed by atoms with Crippen LogP contribution in [0.25, 0.3) is 0 Å². The highest BCUT2D eigenvalue weighted by Crippen LogP contribution is 2.57. The molecular weight excluding hydrogens is 1220 g/mol. The van der Waals surface area contributed by atoms with Gasteiger partial charge < -0.3 is 75.8 Å². The van der Waals surface area contributed by atoms with E-state index in [4.69, 9.17) is 127 Å². The summed E-state index contributed by atoms with van der Waals surface area (Å²) in [5, 5.41) is 0. The molecule has 4 heterocycles. The summed E-state index contributed by atoms with van der Waals surface area (Å²) in [5.41, 5.74) is 6.77. The molecule has 0 N–H and O–H groups in total. The first kappa shape index (κ1) is 61.9. The zero-order chi connectivity index (χ0) is 66.1. The smallest absolute Gasteiger partial charge is 0.231 e. The average Bonchev–Trinajstić information content (AvgIpc) is 0.940. The molecule has 8 aromatic rings. The van der Waals surface area contributed by atoms with Gasteiger partial charge >= 0.3 is 0 Å². The Morgan fingerprint density at radius 3 is 0.562 bits per heavy atom. The maximum absolute atomic E-state index is 6.77. The second-order valence-electron chi connectivity index (χ2n) is 21.8. The van der Waals surface area contributed by atoms with Crippen molar-refractivity contribution in [1.82, 2.24) is 0 Å². The molecule has 0 amide bonds. The van der Waals surface area contributed by atoms with Gasteiger partial charge in [-0.1, -0.05) is 71.6 Å². The van der Waals surface area contributed by atoms with Gasteiger partial charge in [-0.05, 0) is 95.1 Å². The van der Waals surface area contributed by atoms with E-state index in [9.17, 15) is 0 Å². The Hall–Kier alpha value is -13.0. The summed E-state index contributed by atoms with van der Waals surface area (Å²) in [6.45, 7) is -1.73. The van der Waals surface area contributed by atoms with Crippen LogP contribution < -0.4 is 75.8 Å². The highest BCUT2D eigenvalue weighted by atomic mass is 16.7. The molecule has 0 radical (unpaired) electrons. The third-order valence-corrected chi connectivity index (χ3v) is 16.5. The molecule has 4 aliphatic heterocycles. The summed E-state index contributed by atoms with van der Waals surface area (Å²) in [6, 6.07) is 37.6. The minimum Gasteiger partial charge on any atom is -0.480 e.